The summed E-state index contributed by atoms with van der Waals surface area (Å²) in [4.78, 5) is 19.7. The summed E-state index contributed by atoms with van der Waals surface area (Å²) in [6.07, 6.45) is 1.77. The number of aromatic nitrogens is 3. The highest BCUT2D eigenvalue weighted by Crippen LogP contribution is 2.26. The molecule has 8 heteroatoms. The molecule has 21 heavy (non-hydrogen) atoms. The predicted octanol–water partition coefficient (Wildman–Crippen LogP) is 3.32. The first-order valence-electron chi connectivity index (χ1n) is 6.02. The Balaban J connectivity index is 2.03. The first kappa shape index (κ1) is 14.8. The molecule has 0 bridgehead atoms. The Kier molecular flexibility index (Phi) is 4.45. The normalized spacial score (nSPS) is 11.1. The molecule has 1 aromatic carbocycles. The van der Waals surface area contributed by atoms with Gasteiger partial charge in [-0.05, 0) is 40.8 Å². The van der Waals surface area contributed by atoms with E-state index in [4.69, 9.17) is 5.11 Å². The van der Waals surface area contributed by atoms with Crippen LogP contribution in [0, 0.1) is 3.57 Å². The van der Waals surface area contributed by atoms with E-state index in [9.17, 15) is 4.79 Å². The summed E-state index contributed by atoms with van der Waals surface area (Å²) >= 11 is 5.06. The van der Waals surface area contributed by atoms with Gasteiger partial charge in [0, 0.05) is 15.1 Å². The van der Waals surface area contributed by atoms with E-state index in [2.05, 4.69) is 32.6 Å². The van der Waals surface area contributed by atoms with Gasteiger partial charge in [-0.2, -0.15) is 0 Å². The summed E-state index contributed by atoms with van der Waals surface area (Å²) in [6, 6.07) is 6.04. The van der Waals surface area contributed by atoms with Crippen molar-refractivity contribution in [3.8, 4) is 0 Å². The fourth-order valence-corrected chi connectivity index (χ4v) is 3.75. The maximum Gasteiger partial charge on any atom is 0.313 e. The molecule has 2 heterocycles. The Morgan fingerprint density at radius 1 is 1.48 bits per heavy atom. The zero-order chi connectivity index (χ0) is 14.8. The van der Waals surface area contributed by atoms with Gasteiger partial charge in [0.1, 0.15) is 5.01 Å². The number of carbonyl (C=O) groups is 1. The molecule has 0 saturated carbocycles. The molecule has 0 radical (unpaired) electrons. The minimum Gasteiger partial charge on any atom is -0.481 e. The average molecular weight is 431 g/mol. The number of carboxylic acid groups (broad SMARTS) is 1. The van der Waals surface area contributed by atoms with Gasteiger partial charge in [-0.15, -0.1) is 11.3 Å². The van der Waals surface area contributed by atoms with Gasteiger partial charge in [-0.1, -0.05) is 11.8 Å². The van der Waals surface area contributed by atoms with Gasteiger partial charge in [0.25, 0.3) is 0 Å². The molecular formula is C13H10IN3O2S2. The topological polar surface area (TPSA) is 68.0 Å². The van der Waals surface area contributed by atoms with E-state index in [1.165, 1.54) is 11.8 Å². The Morgan fingerprint density at radius 2 is 2.33 bits per heavy atom. The molecule has 0 unspecified atom stereocenters. The standard InChI is InChI=1S/C13H10IN3O2S2/c14-8-1-2-10-9(5-8)16-13(21-7-12(18)19)17(10)6-11-15-3-4-20-11/h1-5H,6-7H2,(H,18,19). The number of nitrogens with zero attached hydrogens (tertiary/aromatic N) is 3. The first-order valence-corrected chi connectivity index (χ1v) is 8.96. The minimum absolute atomic E-state index is 0.00170. The van der Waals surface area contributed by atoms with Crippen molar-refractivity contribution in [3.63, 3.8) is 0 Å². The lowest BCUT2D eigenvalue weighted by molar-refractivity contribution is -0.133. The third kappa shape index (κ3) is 3.38. The largest absolute Gasteiger partial charge is 0.481 e. The molecule has 1 N–H and O–H groups in total. The van der Waals surface area contributed by atoms with E-state index in [-0.39, 0.29) is 5.75 Å². The van der Waals surface area contributed by atoms with Crippen LogP contribution in [0.3, 0.4) is 0 Å². The van der Waals surface area contributed by atoms with E-state index < -0.39 is 5.97 Å². The highest BCUT2D eigenvalue weighted by Gasteiger charge is 2.14. The third-order valence-electron chi connectivity index (χ3n) is 2.78. The Bertz CT molecular complexity index is 786. The van der Waals surface area contributed by atoms with Crippen LogP contribution in [0.1, 0.15) is 5.01 Å². The van der Waals surface area contributed by atoms with Crippen molar-refractivity contribution in [2.45, 2.75) is 11.7 Å². The number of fused-ring (bicyclic) bond motifs is 1. The van der Waals surface area contributed by atoms with E-state index in [1.807, 2.05) is 28.1 Å². The van der Waals surface area contributed by atoms with Gasteiger partial charge in [-0.25, -0.2) is 9.97 Å². The van der Waals surface area contributed by atoms with Crippen LogP contribution in [-0.4, -0.2) is 31.4 Å². The Morgan fingerprint density at radius 3 is 3.05 bits per heavy atom. The molecular weight excluding hydrogens is 421 g/mol. The molecule has 108 valence electrons. The van der Waals surface area contributed by atoms with Crippen molar-refractivity contribution in [3.05, 3.63) is 38.4 Å². The second-order valence-corrected chi connectivity index (χ2v) is 7.39. The van der Waals surface area contributed by atoms with E-state index in [0.29, 0.717) is 11.7 Å². The number of hydrogen-bond acceptors (Lipinski definition) is 5. The van der Waals surface area contributed by atoms with E-state index in [1.54, 1.807) is 17.5 Å². The van der Waals surface area contributed by atoms with Crippen molar-refractivity contribution in [2.75, 3.05) is 5.75 Å². The summed E-state index contributed by atoms with van der Waals surface area (Å²) < 4.78 is 3.13. The van der Waals surface area contributed by atoms with Gasteiger partial charge in [0.05, 0.1) is 23.3 Å². The zero-order valence-corrected chi connectivity index (χ0v) is 14.5. The van der Waals surface area contributed by atoms with Crippen LogP contribution in [0.2, 0.25) is 0 Å². The number of benzene rings is 1. The molecule has 0 spiro atoms. The Hall–Kier alpha value is -1.13. The number of aliphatic carboxylic acids is 1. The highest BCUT2D eigenvalue weighted by molar-refractivity contribution is 14.1. The summed E-state index contributed by atoms with van der Waals surface area (Å²) in [6.45, 7) is 0.608. The van der Waals surface area contributed by atoms with Gasteiger partial charge >= 0.3 is 5.97 Å². The smallest absolute Gasteiger partial charge is 0.313 e. The predicted molar refractivity (Wildman–Crippen MR) is 92.0 cm³/mol. The minimum atomic E-state index is -0.845. The van der Waals surface area contributed by atoms with Crippen LogP contribution in [0.5, 0.6) is 0 Å². The lowest BCUT2D eigenvalue weighted by atomic mass is 10.3. The monoisotopic (exact) mass is 431 g/mol. The molecule has 3 aromatic rings. The summed E-state index contributed by atoms with van der Waals surface area (Å²) in [5.74, 6) is -0.847. The maximum atomic E-state index is 10.8. The number of thioether (sulfide) groups is 1. The number of hydrogen-bond donors (Lipinski definition) is 1. The summed E-state index contributed by atoms with van der Waals surface area (Å²) in [5.41, 5.74) is 1.88. The second kappa shape index (κ2) is 6.32. The average Bonchev–Trinajstić information content (AvgIpc) is 3.05. The summed E-state index contributed by atoms with van der Waals surface area (Å²) in [5, 5.41) is 12.5. The Labute approximate surface area is 142 Å². The number of thiazole rings is 1. The molecule has 0 aliphatic carbocycles. The molecule has 2 aromatic heterocycles. The van der Waals surface area contributed by atoms with Crippen LogP contribution in [-0.2, 0) is 11.3 Å². The lowest BCUT2D eigenvalue weighted by Crippen LogP contribution is -2.04. The van der Waals surface area contributed by atoms with Crippen LogP contribution in [0.15, 0.2) is 34.9 Å². The molecule has 0 amide bonds. The fourth-order valence-electron chi connectivity index (χ4n) is 1.94. The van der Waals surface area contributed by atoms with Crippen LogP contribution in [0.25, 0.3) is 11.0 Å². The van der Waals surface area contributed by atoms with E-state index >= 15 is 0 Å². The highest BCUT2D eigenvalue weighted by atomic mass is 127. The van der Waals surface area contributed by atoms with Gasteiger partial charge in [-0.3, -0.25) is 4.79 Å². The molecule has 0 aliphatic heterocycles. The maximum absolute atomic E-state index is 10.8. The SMILES string of the molecule is O=C(O)CSc1nc2cc(I)ccc2n1Cc1nccs1. The lowest BCUT2D eigenvalue weighted by Gasteiger charge is -2.06. The van der Waals surface area contributed by atoms with Crippen LogP contribution in [0.4, 0.5) is 0 Å². The van der Waals surface area contributed by atoms with Crippen molar-refractivity contribution in [1.29, 1.82) is 0 Å². The molecule has 0 saturated heterocycles. The number of carboxylic acids is 1. The molecule has 0 aliphatic rings. The number of imidazole rings is 1. The van der Waals surface area contributed by atoms with Crippen LogP contribution >= 0.6 is 45.7 Å². The van der Waals surface area contributed by atoms with Crippen molar-refractivity contribution >= 4 is 62.7 Å². The van der Waals surface area contributed by atoms with Crippen molar-refractivity contribution in [2.24, 2.45) is 0 Å². The number of rotatable bonds is 5. The molecule has 5 nitrogen and oxygen atoms in total. The van der Waals surface area contributed by atoms with Gasteiger partial charge < -0.3 is 9.67 Å². The third-order valence-corrected chi connectivity index (χ3v) is 5.17. The van der Waals surface area contributed by atoms with Gasteiger partial charge in [0.2, 0.25) is 0 Å². The van der Waals surface area contributed by atoms with Crippen LogP contribution < -0.4 is 0 Å². The van der Waals surface area contributed by atoms with Gasteiger partial charge in [0.15, 0.2) is 5.16 Å². The zero-order valence-electron chi connectivity index (χ0n) is 10.7. The van der Waals surface area contributed by atoms with E-state index in [0.717, 1.165) is 19.6 Å². The fraction of sp³-hybridized carbons (Fsp3) is 0.154. The number of halogens is 1. The molecule has 0 atom stereocenters. The quantitative estimate of drug-likeness (QED) is 0.496. The first-order chi connectivity index (χ1) is 10.1. The van der Waals surface area contributed by atoms with Crippen molar-refractivity contribution < 1.29 is 9.90 Å². The molecule has 3 rings (SSSR count). The second-order valence-electron chi connectivity index (χ2n) is 4.22. The summed E-state index contributed by atoms with van der Waals surface area (Å²) in [7, 11) is 0. The van der Waals surface area contributed by atoms with Crippen molar-refractivity contribution in [1.82, 2.24) is 14.5 Å². The molecule has 0 fully saturated rings.